The van der Waals surface area contributed by atoms with Crippen molar-refractivity contribution in [1.29, 1.82) is 0 Å². The molecule has 3 atom stereocenters. The van der Waals surface area contributed by atoms with Gasteiger partial charge in [0, 0.05) is 23.2 Å². The molecule has 6 rings (SSSR count). The number of fused-ring (bicyclic) bond motifs is 6. The van der Waals surface area contributed by atoms with E-state index in [0.29, 0.717) is 12.1 Å². The Hall–Kier alpha value is -3.55. The van der Waals surface area contributed by atoms with E-state index >= 15 is 0 Å². The molecule has 0 N–H and O–H groups in total. The second-order valence-corrected chi connectivity index (χ2v) is 9.92. The van der Waals surface area contributed by atoms with E-state index in [1.807, 2.05) is 42.6 Å². The van der Waals surface area contributed by atoms with E-state index in [0.717, 1.165) is 27.3 Å². The summed E-state index contributed by atoms with van der Waals surface area (Å²) in [5.74, 6) is -0.120. The summed E-state index contributed by atoms with van der Waals surface area (Å²) in [5.41, 5.74) is -1.06. The predicted octanol–water partition coefficient (Wildman–Crippen LogP) is 5.83. The van der Waals surface area contributed by atoms with Gasteiger partial charge in [-0.3, -0.25) is 0 Å². The highest BCUT2D eigenvalue weighted by molar-refractivity contribution is 5.82. The van der Waals surface area contributed by atoms with Gasteiger partial charge in [-0.05, 0) is 63.9 Å². The lowest BCUT2D eigenvalue weighted by Gasteiger charge is -2.43. The molecule has 36 heavy (non-hydrogen) atoms. The molecule has 0 spiro atoms. The first-order valence-electron chi connectivity index (χ1n) is 11.3. The van der Waals surface area contributed by atoms with Crippen LogP contribution in [0.5, 0.6) is 0 Å². The van der Waals surface area contributed by atoms with Crippen molar-refractivity contribution in [2.24, 2.45) is 11.3 Å². The molecule has 0 amide bonds. The van der Waals surface area contributed by atoms with Crippen molar-refractivity contribution >= 4 is 17.8 Å². The quantitative estimate of drug-likeness (QED) is 0.364. The maximum Gasteiger partial charge on any atom is 0.433 e. The van der Waals surface area contributed by atoms with Crippen molar-refractivity contribution < 1.29 is 26.3 Å². The third kappa shape index (κ3) is 2.90. The molecule has 1 saturated carbocycles. The van der Waals surface area contributed by atoms with Crippen LogP contribution < -0.4 is 10.4 Å². The zero-order valence-corrected chi connectivity index (χ0v) is 19.3. The smallest absolute Gasteiger partial charge is 0.337 e. The van der Waals surface area contributed by atoms with Crippen LogP contribution in [0.15, 0.2) is 78.0 Å². The normalized spacial score (nSPS) is 28.3. The molecule has 0 bridgehead atoms. The molecule has 1 fully saturated rings. The largest absolute Gasteiger partial charge is 0.433 e. The van der Waals surface area contributed by atoms with Crippen LogP contribution in [0.4, 0.5) is 26.3 Å². The molecule has 2 aliphatic carbocycles. The van der Waals surface area contributed by atoms with Crippen LogP contribution in [0.1, 0.15) is 30.8 Å². The minimum Gasteiger partial charge on any atom is -0.337 e. The predicted molar refractivity (Wildman–Crippen MR) is 124 cm³/mol. The zero-order valence-electron chi connectivity index (χ0n) is 19.3. The second kappa shape index (κ2) is 6.81. The summed E-state index contributed by atoms with van der Waals surface area (Å²) in [5, 5.41) is 2.01. The maximum atomic E-state index is 13.4. The van der Waals surface area contributed by atoms with Gasteiger partial charge in [-0.2, -0.15) is 26.3 Å². The van der Waals surface area contributed by atoms with Gasteiger partial charge >= 0.3 is 12.4 Å². The number of nitrogens with zero attached hydrogens (tertiary/aromatic N) is 2. The summed E-state index contributed by atoms with van der Waals surface area (Å²) in [6, 6.07) is 9.18. The van der Waals surface area contributed by atoms with E-state index in [2.05, 4.69) is 30.3 Å². The van der Waals surface area contributed by atoms with Crippen LogP contribution in [0.25, 0.3) is 17.8 Å². The van der Waals surface area contributed by atoms with Crippen molar-refractivity contribution in [2.45, 2.75) is 31.7 Å². The van der Waals surface area contributed by atoms with Gasteiger partial charge < -0.3 is 4.90 Å². The highest BCUT2D eigenvalue weighted by atomic mass is 19.4. The van der Waals surface area contributed by atoms with Gasteiger partial charge in [-0.1, -0.05) is 49.9 Å². The average molecular weight is 498 g/mol. The van der Waals surface area contributed by atoms with Crippen molar-refractivity contribution in [3.8, 4) is 0 Å². The Morgan fingerprint density at radius 2 is 1.53 bits per heavy atom. The third-order valence-corrected chi connectivity index (χ3v) is 8.23. The van der Waals surface area contributed by atoms with Crippen LogP contribution in [0.2, 0.25) is 0 Å². The standard InChI is InChI=1S/C28H20F6N2/c1-15-25(2)21-9-8-17(19-12-23(27(29,30)31)35-24(13-19)28(32,33)34)10-20(21)22-11-16-6-4-5-7-18(16)14-36(22)26(15,25)3/h4-14,21H,1H2,2-3H3. The summed E-state index contributed by atoms with van der Waals surface area (Å²) < 4.78 is 80.5. The number of rotatable bonds is 1. The van der Waals surface area contributed by atoms with Gasteiger partial charge in [-0.25, -0.2) is 4.98 Å². The minimum atomic E-state index is -5.02. The van der Waals surface area contributed by atoms with Crippen LogP contribution in [-0.2, 0) is 12.4 Å². The fourth-order valence-corrected chi connectivity index (χ4v) is 5.96. The van der Waals surface area contributed by atoms with Crippen molar-refractivity contribution in [3.05, 3.63) is 105 Å². The summed E-state index contributed by atoms with van der Waals surface area (Å²) >= 11 is 0. The number of hydrogen-bond acceptors (Lipinski definition) is 2. The molecular weight excluding hydrogens is 478 g/mol. The molecule has 1 aromatic heterocycles. The van der Waals surface area contributed by atoms with Gasteiger partial charge in [-0.15, -0.1) is 0 Å². The molecule has 0 saturated heterocycles. The van der Waals surface area contributed by atoms with E-state index in [9.17, 15) is 26.3 Å². The summed E-state index contributed by atoms with van der Waals surface area (Å²) in [7, 11) is 0. The Kier molecular flexibility index (Phi) is 4.33. The van der Waals surface area contributed by atoms with Gasteiger partial charge in [0.25, 0.3) is 0 Å². The Morgan fingerprint density at radius 1 is 0.917 bits per heavy atom. The minimum absolute atomic E-state index is 0.120. The first-order chi connectivity index (χ1) is 16.8. The van der Waals surface area contributed by atoms with Gasteiger partial charge in [0.1, 0.15) is 11.4 Å². The van der Waals surface area contributed by atoms with E-state index in [-0.39, 0.29) is 28.0 Å². The Balaban J connectivity index is 1.58. The number of aromatic nitrogens is 1. The van der Waals surface area contributed by atoms with Crippen LogP contribution in [0, 0.1) is 11.3 Å². The summed E-state index contributed by atoms with van der Waals surface area (Å²) in [4.78, 5) is 4.99. The second-order valence-electron chi connectivity index (χ2n) is 9.92. The molecule has 3 unspecified atom stereocenters. The molecule has 2 nitrogen and oxygen atoms in total. The average Bonchev–Trinajstić information content (AvgIpc) is 3.29. The molecule has 184 valence electrons. The van der Waals surface area contributed by atoms with Crippen molar-refractivity contribution in [1.82, 2.24) is 9.88 Å². The fourth-order valence-electron chi connectivity index (χ4n) is 5.96. The van der Waals surface area contributed by atoms with Gasteiger partial charge in [0.2, 0.25) is 0 Å². The lowest BCUT2D eigenvalue weighted by Crippen LogP contribution is -2.46. The molecule has 3 heterocycles. The molecule has 2 aliphatic heterocycles. The molecule has 2 aromatic rings. The zero-order chi connectivity index (χ0) is 25.8. The SMILES string of the molecule is C=C1C2(C)C3C=CC(c4cc(C(F)(F)F)nc(C(F)(F)F)c4)=CC3=C3C=c4ccccc4=CN3C12C. The van der Waals surface area contributed by atoms with Crippen LogP contribution in [0.3, 0.4) is 0 Å². The van der Waals surface area contributed by atoms with Crippen LogP contribution in [-0.4, -0.2) is 15.4 Å². The monoisotopic (exact) mass is 498 g/mol. The number of hydrogen-bond donors (Lipinski definition) is 0. The first-order valence-corrected chi connectivity index (χ1v) is 11.3. The summed E-state index contributed by atoms with van der Waals surface area (Å²) in [6.45, 7) is 8.55. The lowest BCUT2D eigenvalue weighted by atomic mass is 9.73. The van der Waals surface area contributed by atoms with Crippen LogP contribution >= 0.6 is 0 Å². The molecule has 1 aromatic carbocycles. The number of pyridine rings is 1. The maximum absolute atomic E-state index is 13.4. The van der Waals surface area contributed by atoms with E-state index in [1.54, 1.807) is 12.2 Å². The van der Waals surface area contributed by atoms with E-state index < -0.39 is 23.7 Å². The summed E-state index contributed by atoms with van der Waals surface area (Å²) in [6.07, 6.45) is -0.770. The van der Waals surface area contributed by atoms with Crippen molar-refractivity contribution in [3.63, 3.8) is 0 Å². The fraction of sp³-hybridized carbons (Fsp3) is 0.250. The number of benzene rings is 1. The Bertz CT molecular complexity index is 1540. The first kappa shape index (κ1) is 22.9. The van der Waals surface area contributed by atoms with Crippen molar-refractivity contribution in [2.75, 3.05) is 0 Å². The molecule has 4 aliphatic rings. The highest BCUT2D eigenvalue weighted by Gasteiger charge is 2.73. The highest BCUT2D eigenvalue weighted by Crippen LogP contribution is 2.73. The number of alkyl halides is 6. The molecular formula is C28H20F6N2. The van der Waals surface area contributed by atoms with Gasteiger partial charge in [0.15, 0.2) is 0 Å². The van der Waals surface area contributed by atoms with E-state index in [1.165, 1.54) is 0 Å². The van der Waals surface area contributed by atoms with Gasteiger partial charge in [0.05, 0.1) is 5.54 Å². The Morgan fingerprint density at radius 3 is 2.14 bits per heavy atom. The third-order valence-electron chi connectivity index (χ3n) is 8.23. The lowest BCUT2D eigenvalue weighted by molar-refractivity contribution is -0.150. The number of halogens is 6. The van der Waals surface area contributed by atoms with E-state index in [4.69, 9.17) is 0 Å². The molecule has 0 radical (unpaired) electrons. The Labute approximate surface area is 203 Å². The topological polar surface area (TPSA) is 16.1 Å². The number of allylic oxidation sites excluding steroid dienone is 6. The molecule has 8 heteroatoms.